The molecule has 1 N–H and O–H groups in total. The first-order chi connectivity index (χ1) is 13.2. The Labute approximate surface area is 158 Å². The van der Waals surface area contributed by atoms with Gasteiger partial charge in [0, 0.05) is 13.2 Å². The largest absolute Gasteiger partial charge is 0.471 e. The van der Waals surface area contributed by atoms with Gasteiger partial charge in [0.25, 0.3) is 5.91 Å². The summed E-state index contributed by atoms with van der Waals surface area (Å²) in [6.07, 6.45) is -2.93. The lowest BCUT2D eigenvalue weighted by molar-refractivity contribution is -0.137. The second kappa shape index (κ2) is 7.37. The Kier molecular flexibility index (Phi) is 5.12. The van der Waals surface area contributed by atoms with Crippen molar-refractivity contribution in [1.82, 2.24) is 19.6 Å². The number of nitrogens with one attached hydrogen (secondary N) is 1. The summed E-state index contributed by atoms with van der Waals surface area (Å²) in [4.78, 5) is 12.4. The van der Waals surface area contributed by atoms with E-state index < -0.39 is 11.7 Å². The van der Waals surface area contributed by atoms with Crippen molar-refractivity contribution in [3.05, 3.63) is 59.2 Å². The molecule has 0 aliphatic rings. The van der Waals surface area contributed by atoms with E-state index in [0.29, 0.717) is 22.8 Å². The maximum absolute atomic E-state index is 12.8. The quantitative estimate of drug-likeness (QED) is 0.720. The van der Waals surface area contributed by atoms with E-state index in [2.05, 4.69) is 15.5 Å². The van der Waals surface area contributed by atoms with E-state index >= 15 is 0 Å². The highest BCUT2D eigenvalue weighted by molar-refractivity contribution is 6.03. The molecule has 3 aromatic rings. The number of ether oxygens (including phenoxy) is 1. The van der Waals surface area contributed by atoms with Crippen LogP contribution in [0.25, 0.3) is 0 Å². The van der Waals surface area contributed by atoms with Crippen LogP contribution in [0.15, 0.2) is 36.5 Å². The fourth-order valence-electron chi connectivity index (χ4n) is 2.68. The maximum Gasteiger partial charge on any atom is 0.416 e. The minimum atomic E-state index is -4.44. The van der Waals surface area contributed by atoms with Crippen LogP contribution < -0.4 is 10.1 Å². The first kappa shape index (κ1) is 19.5. The molecule has 0 bridgehead atoms. The molecule has 1 aromatic carbocycles. The lowest BCUT2D eigenvalue weighted by Gasteiger charge is -2.11. The Morgan fingerprint density at radius 3 is 2.64 bits per heavy atom. The highest BCUT2D eigenvalue weighted by Gasteiger charge is 2.30. The van der Waals surface area contributed by atoms with Crippen LogP contribution in [-0.4, -0.2) is 25.5 Å². The van der Waals surface area contributed by atoms with Gasteiger partial charge in [-0.3, -0.25) is 9.48 Å². The minimum Gasteiger partial charge on any atom is -0.471 e. The number of amides is 1. The first-order valence-electron chi connectivity index (χ1n) is 8.30. The summed E-state index contributed by atoms with van der Waals surface area (Å²) < 4.78 is 46.8. The number of nitrogens with zero attached hydrogens (tertiary/aromatic N) is 4. The third-order valence-corrected chi connectivity index (χ3v) is 4.19. The van der Waals surface area contributed by atoms with Crippen LogP contribution in [0.2, 0.25) is 0 Å². The van der Waals surface area contributed by atoms with Gasteiger partial charge in [0.2, 0.25) is 0 Å². The Bertz CT molecular complexity index is 1010. The molecule has 0 spiro atoms. The molecule has 0 saturated heterocycles. The number of aryl methyl sites for hydroxylation is 2. The first-order valence-corrected chi connectivity index (χ1v) is 8.30. The van der Waals surface area contributed by atoms with Crippen molar-refractivity contribution in [2.45, 2.75) is 26.8 Å². The SMILES string of the molecule is Cc1nn(COc2cccc(C(F)(F)F)c2)c(C)c1NC(=O)c1ccnn1C. The predicted octanol–water partition coefficient (Wildman–Crippen LogP) is 3.54. The molecule has 2 aromatic heterocycles. The number of carbonyl (C=O) groups is 1. The van der Waals surface area contributed by atoms with Gasteiger partial charge in [0.05, 0.1) is 22.6 Å². The molecule has 28 heavy (non-hydrogen) atoms. The van der Waals surface area contributed by atoms with Crippen molar-refractivity contribution < 1.29 is 22.7 Å². The highest BCUT2D eigenvalue weighted by atomic mass is 19.4. The zero-order valence-electron chi connectivity index (χ0n) is 15.4. The topological polar surface area (TPSA) is 74.0 Å². The van der Waals surface area contributed by atoms with E-state index in [-0.39, 0.29) is 18.4 Å². The molecule has 0 aliphatic carbocycles. The van der Waals surface area contributed by atoms with Crippen LogP contribution in [0, 0.1) is 13.8 Å². The molecule has 0 aliphatic heterocycles. The number of hydrogen-bond donors (Lipinski definition) is 1. The van der Waals surface area contributed by atoms with E-state index in [1.54, 1.807) is 27.0 Å². The molecule has 148 valence electrons. The van der Waals surface area contributed by atoms with E-state index in [1.165, 1.54) is 27.7 Å². The van der Waals surface area contributed by atoms with Crippen molar-refractivity contribution in [3.63, 3.8) is 0 Å². The molecular weight excluding hydrogens is 375 g/mol. The number of anilines is 1. The monoisotopic (exact) mass is 393 g/mol. The Morgan fingerprint density at radius 1 is 1.25 bits per heavy atom. The van der Waals surface area contributed by atoms with Gasteiger partial charge in [0.1, 0.15) is 11.4 Å². The molecule has 0 fully saturated rings. The van der Waals surface area contributed by atoms with E-state index in [4.69, 9.17) is 4.74 Å². The second-order valence-electron chi connectivity index (χ2n) is 6.14. The van der Waals surface area contributed by atoms with Crippen LogP contribution in [-0.2, 0) is 20.0 Å². The van der Waals surface area contributed by atoms with Gasteiger partial charge in [-0.2, -0.15) is 23.4 Å². The van der Waals surface area contributed by atoms with Crippen LogP contribution in [0.4, 0.5) is 18.9 Å². The van der Waals surface area contributed by atoms with Crippen molar-refractivity contribution in [3.8, 4) is 5.75 Å². The lowest BCUT2D eigenvalue weighted by Crippen LogP contribution is -2.17. The molecule has 0 saturated carbocycles. The maximum atomic E-state index is 12.8. The number of carbonyl (C=O) groups excluding carboxylic acids is 1. The van der Waals surface area contributed by atoms with Gasteiger partial charge in [-0.15, -0.1) is 0 Å². The number of hydrogen-bond acceptors (Lipinski definition) is 4. The van der Waals surface area contributed by atoms with Gasteiger partial charge in [-0.1, -0.05) is 6.07 Å². The Balaban J connectivity index is 1.74. The van der Waals surface area contributed by atoms with Gasteiger partial charge < -0.3 is 10.1 Å². The second-order valence-corrected chi connectivity index (χ2v) is 6.14. The minimum absolute atomic E-state index is 0.0721. The summed E-state index contributed by atoms with van der Waals surface area (Å²) >= 11 is 0. The van der Waals surface area contributed by atoms with Crippen LogP contribution in [0.1, 0.15) is 27.4 Å². The standard InChI is InChI=1S/C18H18F3N5O2/c1-11-16(23-17(27)15-7-8-22-25(15)3)12(2)26(24-11)10-28-14-6-4-5-13(9-14)18(19,20)21/h4-9H,10H2,1-3H3,(H,23,27). The average Bonchev–Trinajstić information content (AvgIpc) is 3.17. The van der Waals surface area contributed by atoms with Crippen molar-refractivity contribution >= 4 is 11.6 Å². The molecule has 1 amide bonds. The van der Waals surface area contributed by atoms with Crippen molar-refractivity contribution in [2.75, 3.05) is 5.32 Å². The summed E-state index contributed by atoms with van der Waals surface area (Å²) in [5.74, 6) is -0.271. The summed E-state index contributed by atoms with van der Waals surface area (Å²) in [5, 5.41) is 11.0. The third kappa shape index (κ3) is 4.00. The molecule has 0 radical (unpaired) electrons. The fourth-order valence-corrected chi connectivity index (χ4v) is 2.68. The van der Waals surface area contributed by atoms with Crippen LogP contribution in [0.3, 0.4) is 0 Å². The zero-order chi connectivity index (χ0) is 20.5. The van der Waals surface area contributed by atoms with Crippen molar-refractivity contribution in [1.29, 1.82) is 0 Å². The van der Waals surface area contributed by atoms with E-state index in [9.17, 15) is 18.0 Å². The smallest absolute Gasteiger partial charge is 0.416 e. The summed E-state index contributed by atoms with van der Waals surface area (Å²) in [5.41, 5.74) is 1.27. The molecule has 0 atom stereocenters. The number of rotatable bonds is 5. The number of aromatic nitrogens is 4. The predicted molar refractivity (Wildman–Crippen MR) is 94.9 cm³/mol. The van der Waals surface area contributed by atoms with Gasteiger partial charge in [-0.25, -0.2) is 4.68 Å². The molecule has 0 unspecified atom stereocenters. The average molecular weight is 393 g/mol. The van der Waals surface area contributed by atoms with Crippen molar-refractivity contribution in [2.24, 2.45) is 7.05 Å². The fraction of sp³-hybridized carbons (Fsp3) is 0.278. The summed E-state index contributed by atoms with van der Waals surface area (Å²) in [7, 11) is 1.65. The lowest BCUT2D eigenvalue weighted by atomic mass is 10.2. The number of alkyl halides is 3. The molecule has 10 heteroatoms. The van der Waals surface area contributed by atoms with E-state index in [1.807, 2.05) is 0 Å². The van der Waals surface area contributed by atoms with Gasteiger partial charge >= 0.3 is 6.18 Å². The van der Waals surface area contributed by atoms with Gasteiger partial charge in [-0.05, 0) is 38.1 Å². The molecule has 7 nitrogen and oxygen atoms in total. The Hall–Kier alpha value is -3.30. The zero-order valence-corrected chi connectivity index (χ0v) is 15.4. The molecule has 3 rings (SSSR count). The summed E-state index contributed by atoms with van der Waals surface area (Å²) in [6.45, 7) is 3.34. The normalized spacial score (nSPS) is 11.5. The third-order valence-electron chi connectivity index (χ3n) is 4.19. The molecular formula is C18H18F3N5O2. The molecule has 2 heterocycles. The van der Waals surface area contributed by atoms with Gasteiger partial charge in [0.15, 0.2) is 6.73 Å². The Morgan fingerprint density at radius 2 is 2.00 bits per heavy atom. The highest BCUT2D eigenvalue weighted by Crippen LogP contribution is 2.31. The number of halogens is 3. The van der Waals surface area contributed by atoms with Crippen LogP contribution in [0.5, 0.6) is 5.75 Å². The van der Waals surface area contributed by atoms with E-state index in [0.717, 1.165) is 12.1 Å². The van der Waals surface area contributed by atoms with Crippen LogP contribution >= 0.6 is 0 Å². The summed E-state index contributed by atoms with van der Waals surface area (Å²) in [6, 6.07) is 6.20. The number of benzene rings is 1.